The topological polar surface area (TPSA) is 40.5 Å². The van der Waals surface area contributed by atoms with Gasteiger partial charge in [0.05, 0.1) is 5.92 Å². The number of anilines is 1. The second-order valence-corrected chi connectivity index (χ2v) is 5.27. The second kappa shape index (κ2) is 5.01. The zero-order valence-corrected chi connectivity index (χ0v) is 11.3. The highest BCUT2D eigenvalue weighted by atomic mass is 16.4. The lowest BCUT2D eigenvalue weighted by Gasteiger charge is -2.17. The predicted molar refractivity (Wildman–Crippen MR) is 73.2 cm³/mol. The van der Waals surface area contributed by atoms with E-state index < -0.39 is 5.97 Å². The fourth-order valence-electron chi connectivity index (χ4n) is 2.78. The zero-order valence-electron chi connectivity index (χ0n) is 11.3. The molecule has 2 rings (SSSR count). The molecule has 3 nitrogen and oxygen atoms in total. The van der Waals surface area contributed by atoms with Crippen LogP contribution in [0, 0.1) is 12.8 Å². The molecule has 1 aliphatic heterocycles. The van der Waals surface area contributed by atoms with Gasteiger partial charge in [0.25, 0.3) is 0 Å². The fraction of sp³-hybridized carbons (Fsp3) is 0.533. The third-order valence-corrected chi connectivity index (χ3v) is 3.85. The number of carboxylic acids is 1. The van der Waals surface area contributed by atoms with Gasteiger partial charge in [0.2, 0.25) is 0 Å². The molecule has 18 heavy (non-hydrogen) atoms. The first-order valence-electron chi connectivity index (χ1n) is 6.61. The Bertz CT molecular complexity index is 456. The molecule has 0 amide bonds. The number of hydrogen-bond acceptors (Lipinski definition) is 2. The molecule has 3 heteroatoms. The molecule has 1 N–H and O–H groups in total. The molecule has 1 aromatic carbocycles. The summed E-state index contributed by atoms with van der Waals surface area (Å²) in [6, 6.07) is 6.51. The predicted octanol–water partition coefficient (Wildman–Crippen LogP) is 3.03. The summed E-state index contributed by atoms with van der Waals surface area (Å²) in [5.74, 6) is -0.620. The van der Waals surface area contributed by atoms with Crippen LogP contribution in [0.2, 0.25) is 0 Å². The van der Waals surface area contributed by atoms with Crippen LogP contribution in [0.25, 0.3) is 0 Å². The largest absolute Gasteiger partial charge is 0.481 e. The van der Waals surface area contributed by atoms with Crippen molar-refractivity contribution in [3.05, 3.63) is 29.3 Å². The molecule has 1 aliphatic rings. The summed E-state index contributed by atoms with van der Waals surface area (Å²) in [5.41, 5.74) is 3.86. The molecule has 1 heterocycles. The molecule has 0 saturated carbocycles. The molecule has 98 valence electrons. The summed E-state index contributed by atoms with van der Waals surface area (Å²) < 4.78 is 0. The highest BCUT2D eigenvalue weighted by molar-refractivity contribution is 5.70. The first-order chi connectivity index (χ1) is 8.52. The Kier molecular flexibility index (Phi) is 3.60. The number of rotatable bonds is 4. The van der Waals surface area contributed by atoms with Crippen LogP contribution in [-0.2, 0) is 4.79 Å². The van der Waals surface area contributed by atoms with E-state index in [1.54, 1.807) is 6.92 Å². The third kappa shape index (κ3) is 2.35. The van der Waals surface area contributed by atoms with Gasteiger partial charge in [-0.25, -0.2) is 0 Å². The summed E-state index contributed by atoms with van der Waals surface area (Å²) in [7, 11) is 0. The highest BCUT2D eigenvalue weighted by Crippen LogP contribution is 2.39. The van der Waals surface area contributed by atoms with Crippen LogP contribution in [0.3, 0.4) is 0 Å². The van der Waals surface area contributed by atoms with E-state index in [9.17, 15) is 4.79 Å². The van der Waals surface area contributed by atoms with Crippen molar-refractivity contribution in [2.45, 2.75) is 33.1 Å². The van der Waals surface area contributed by atoms with Gasteiger partial charge in [-0.3, -0.25) is 4.79 Å². The lowest BCUT2D eigenvalue weighted by atomic mass is 9.90. The summed E-state index contributed by atoms with van der Waals surface area (Å²) in [6.45, 7) is 7.96. The number of fused-ring (bicyclic) bond motifs is 1. The fourth-order valence-corrected chi connectivity index (χ4v) is 2.78. The van der Waals surface area contributed by atoms with Gasteiger partial charge in [-0.05, 0) is 31.9 Å². The summed E-state index contributed by atoms with van der Waals surface area (Å²) in [4.78, 5) is 13.3. The lowest BCUT2D eigenvalue weighted by molar-refractivity contribution is -0.141. The number of likely N-dealkylation sites (N-methyl/N-ethyl adjacent to an activating group) is 1. The minimum absolute atomic E-state index is 0.278. The monoisotopic (exact) mass is 247 g/mol. The van der Waals surface area contributed by atoms with Gasteiger partial charge in [0.15, 0.2) is 0 Å². The summed E-state index contributed by atoms with van der Waals surface area (Å²) in [5, 5.41) is 9.05. The third-order valence-electron chi connectivity index (χ3n) is 3.85. The molecule has 2 atom stereocenters. The van der Waals surface area contributed by atoms with Gasteiger partial charge in [-0.15, -0.1) is 0 Å². The highest BCUT2D eigenvalue weighted by Gasteiger charge is 2.30. The molecule has 0 saturated heterocycles. The van der Waals surface area contributed by atoms with E-state index in [-0.39, 0.29) is 5.92 Å². The summed E-state index contributed by atoms with van der Waals surface area (Å²) >= 11 is 0. The van der Waals surface area contributed by atoms with Crippen LogP contribution in [0.15, 0.2) is 18.2 Å². The Balaban J connectivity index is 2.25. The molecule has 0 aromatic heterocycles. The van der Waals surface area contributed by atoms with E-state index in [2.05, 4.69) is 36.9 Å². The standard InChI is InChI=1S/C15H21NO2/c1-4-16-9-12(8-11(3)15(17)18)13-7-10(2)5-6-14(13)16/h5-7,11-12H,4,8-9H2,1-3H3,(H,17,18). The smallest absolute Gasteiger partial charge is 0.306 e. The van der Waals surface area contributed by atoms with Crippen molar-refractivity contribution >= 4 is 11.7 Å². The maximum atomic E-state index is 11.0. The van der Waals surface area contributed by atoms with E-state index in [1.807, 2.05) is 0 Å². The average Bonchev–Trinajstić information content (AvgIpc) is 2.66. The van der Waals surface area contributed by atoms with Crippen LogP contribution in [0.4, 0.5) is 5.69 Å². The van der Waals surface area contributed by atoms with Crippen molar-refractivity contribution < 1.29 is 9.90 Å². The van der Waals surface area contributed by atoms with E-state index >= 15 is 0 Å². The quantitative estimate of drug-likeness (QED) is 0.889. The first kappa shape index (κ1) is 12.9. The number of benzene rings is 1. The Labute approximate surface area is 108 Å². The Morgan fingerprint density at radius 2 is 2.28 bits per heavy atom. The van der Waals surface area contributed by atoms with Gasteiger partial charge >= 0.3 is 5.97 Å². The van der Waals surface area contributed by atoms with E-state index in [0.717, 1.165) is 19.5 Å². The van der Waals surface area contributed by atoms with Crippen LogP contribution >= 0.6 is 0 Å². The number of nitrogens with zero attached hydrogens (tertiary/aromatic N) is 1. The van der Waals surface area contributed by atoms with Crippen LogP contribution in [-0.4, -0.2) is 24.2 Å². The number of carbonyl (C=O) groups is 1. The van der Waals surface area contributed by atoms with Crippen molar-refractivity contribution in [3.8, 4) is 0 Å². The molecule has 0 bridgehead atoms. The maximum absolute atomic E-state index is 11.0. The normalized spacial score (nSPS) is 19.7. The first-order valence-corrected chi connectivity index (χ1v) is 6.61. The molecular weight excluding hydrogens is 226 g/mol. The number of aliphatic carboxylic acids is 1. The average molecular weight is 247 g/mol. The lowest BCUT2D eigenvalue weighted by Crippen LogP contribution is -2.22. The minimum Gasteiger partial charge on any atom is -0.481 e. The SMILES string of the molecule is CCN1CC(CC(C)C(=O)O)c2cc(C)ccc21. The van der Waals surface area contributed by atoms with Gasteiger partial charge in [-0.1, -0.05) is 24.6 Å². The molecular formula is C15H21NO2. The van der Waals surface area contributed by atoms with Gasteiger partial charge in [0, 0.05) is 24.7 Å². The van der Waals surface area contributed by atoms with Crippen molar-refractivity contribution in [1.82, 2.24) is 0 Å². The summed E-state index contributed by atoms with van der Waals surface area (Å²) in [6.07, 6.45) is 0.724. The molecule has 0 radical (unpaired) electrons. The van der Waals surface area contributed by atoms with Crippen molar-refractivity contribution in [3.63, 3.8) is 0 Å². The Morgan fingerprint density at radius 1 is 1.56 bits per heavy atom. The van der Waals surface area contributed by atoms with Crippen molar-refractivity contribution in [2.24, 2.45) is 5.92 Å². The molecule has 0 fully saturated rings. The van der Waals surface area contributed by atoms with E-state index in [4.69, 9.17) is 5.11 Å². The van der Waals surface area contributed by atoms with E-state index in [1.165, 1.54) is 16.8 Å². The number of aryl methyl sites for hydroxylation is 1. The molecule has 0 spiro atoms. The maximum Gasteiger partial charge on any atom is 0.306 e. The van der Waals surface area contributed by atoms with Gasteiger partial charge in [-0.2, -0.15) is 0 Å². The van der Waals surface area contributed by atoms with Crippen LogP contribution < -0.4 is 4.90 Å². The van der Waals surface area contributed by atoms with Gasteiger partial charge in [0.1, 0.15) is 0 Å². The Hall–Kier alpha value is -1.51. The Morgan fingerprint density at radius 3 is 2.89 bits per heavy atom. The van der Waals surface area contributed by atoms with Crippen LogP contribution in [0.1, 0.15) is 37.3 Å². The van der Waals surface area contributed by atoms with Crippen LogP contribution in [0.5, 0.6) is 0 Å². The molecule has 1 aromatic rings. The number of carboxylic acid groups (broad SMARTS) is 1. The van der Waals surface area contributed by atoms with Crippen molar-refractivity contribution in [2.75, 3.05) is 18.0 Å². The van der Waals surface area contributed by atoms with Crippen molar-refractivity contribution in [1.29, 1.82) is 0 Å². The second-order valence-electron chi connectivity index (χ2n) is 5.27. The van der Waals surface area contributed by atoms with Gasteiger partial charge < -0.3 is 10.0 Å². The minimum atomic E-state index is -0.695. The zero-order chi connectivity index (χ0) is 13.3. The molecule has 0 aliphatic carbocycles. The van der Waals surface area contributed by atoms with E-state index in [0.29, 0.717) is 5.92 Å². The number of hydrogen-bond donors (Lipinski definition) is 1. The molecule has 2 unspecified atom stereocenters.